The lowest BCUT2D eigenvalue weighted by Gasteiger charge is -2.37. The zero-order valence-corrected chi connectivity index (χ0v) is 18.4. The maximum atomic E-state index is 13.9. The van der Waals surface area contributed by atoms with E-state index in [1.165, 1.54) is 12.1 Å². The third-order valence-electron chi connectivity index (χ3n) is 5.76. The molecular weight excluding hydrogens is 430 g/mol. The van der Waals surface area contributed by atoms with Gasteiger partial charge in [-0.2, -0.15) is 0 Å². The maximum Gasteiger partial charge on any atom is 0.234 e. The lowest BCUT2D eigenvalue weighted by Crippen LogP contribution is -2.49. The standard InChI is InChI=1S/C24H22F2N4O3/c1-15-13-29(14-27-15)20-5-4-16(8-21(20)31-3)9-22-23-28-33-24(2,30(23)6-7-32-22)17-10-18(25)12-19(26)11-17/h4-5,8-14H,6-7H2,1-3H3/t24-/m0/s1. The minimum atomic E-state index is -1.15. The molecule has 5 rings (SSSR count). The molecule has 3 aromatic rings. The highest BCUT2D eigenvalue weighted by molar-refractivity contribution is 6.01. The Bertz CT molecular complexity index is 1270. The van der Waals surface area contributed by atoms with E-state index in [-0.39, 0.29) is 0 Å². The van der Waals surface area contributed by atoms with Crippen LogP contribution in [0, 0.1) is 18.6 Å². The third kappa shape index (κ3) is 3.69. The maximum absolute atomic E-state index is 13.9. The number of aromatic nitrogens is 2. The van der Waals surface area contributed by atoms with E-state index >= 15 is 0 Å². The predicted molar refractivity (Wildman–Crippen MR) is 118 cm³/mol. The molecule has 0 radical (unpaired) electrons. The SMILES string of the molecule is COc1cc(C=C2OCCN3C2=NO[C@@]3(C)c2cc(F)cc(F)c2)ccc1-n1cnc(C)c1. The second-order valence-corrected chi connectivity index (χ2v) is 8.01. The number of methoxy groups -OCH3 is 1. The van der Waals surface area contributed by atoms with Crippen molar-refractivity contribution in [3.63, 3.8) is 0 Å². The highest BCUT2D eigenvalue weighted by Gasteiger charge is 2.47. The summed E-state index contributed by atoms with van der Waals surface area (Å²) in [7, 11) is 1.61. The molecule has 0 unspecified atom stereocenters. The van der Waals surface area contributed by atoms with E-state index in [0.717, 1.165) is 23.0 Å². The molecule has 9 heteroatoms. The van der Waals surface area contributed by atoms with Crippen LogP contribution < -0.4 is 4.74 Å². The van der Waals surface area contributed by atoms with Gasteiger partial charge in [-0.25, -0.2) is 13.8 Å². The first-order valence-corrected chi connectivity index (χ1v) is 10.4. The summed E-state index contributed by atoms with van der Waals surface area (Å²) in [6.45, 7) is 4.47. The normalized spacial score (nSPS) is 20.8. The fraction of sp³-hybridized carbons (Fsp3) is 0.250. The Morgan fingerprint density at radius 2 is 1.94 bits per heavy atom. The van der Waals surface area contributed by atoms with E-state index in [1.807, 2.05) is 46.9 Å². The third-order valence-corrected chi connectivity index (χ3v) is 5.76. The quantitative estimate of drug-likeness (QED) is 0.589. The van der Waals surface area contributed by atoms with Crippen LogP contribution in [0.15, 0.2) is 59.8 Å². The van der Waals surface area contributed by atoms with Crippen LogP contribution in [0.5, 0.6) is 5.75 Å². The molecule has 3 heterocycles. The average Bonchev–Trinajstić information content (AvgIpc) is 3.38. The molecule has 1 aromatic heterocycles. The molecule has 0 N–H and O–H groups in total. The van der Waals surface area contributed by atoms with E-state index in [0.29, 0.717) is 36.1 Å². The molecule has 0 amide bonds. The fourth-order valence-corrected chi connectivity index (χ4v) is 4.08. The van der Waals surface area contributed by atoms with Gasteiger partial charge in [0, 0.05) is 24.8 Å². The van der Waals surface area contributed by atoms with Crippen molar-refractivity contribution >= 4 is 11.9 Å². The van der Waals surface area contributed by atoms with Gasteiger partial charge in [-0.1, -0.05) is 11.2 Å². The van der Waals surface area contributed by atoms with Crippen LogP contribution in [0.3, 0.4) is 0 Å². The molecule has 1 fully saturated rings. The summed E-state index contributed by atoms with van der Waals surface area (Å²) in [6, 6.07) is 9.08. The number of ether oxygens (including phenoxy) is 2. The number of rotatable bonds is 4. The second kappa shape index (κ2) is 7.91. The Kier molecular flexibility index (Phi) is 5.03. The largest absolute Gasteiger partial charge is 0.495 e. The summed E-state index contributed by atoms with van der Waals surface area (Å²) in [5.41, 5.74) is 1.77. The van der Waals surface area contributed by atoms with Gasteiger partial charge in [-0.15, -0.1) is 0 Å². The summed E-state index contributed by atoms with van der Waals surface area (Å²) in [5, 5.41) is 4.20. The van der Waals surface area contributed by atoms with Gasteiger partial charge in [0.1, 0.15) is 24.0 Å². The van der Waals surface area contributed by atoms with Crippen LogP contribution in [-0.4, -0.2) is 40.5 Å². The summed E-state index contributed by atoms with van der Waals surface area (Å²) in [4.78, 5) is 11.8. The Morgan fingerprint density at radius 1 is 1.15 bits per heavy atom. The molecule has 7 nitrogen and oxygen atoms in total. The number of amidine groups is 1. The van der Waals surface area contributed by atoms with Gasteiger partial charge in [-0.3, -0.25) is 0 Å². The van der Waals surface area contributed by atoms with Crippen LogP contribution >= 0.6 is 0 Å². The van der Waals surface area contributed by atoms with Crippen molar-refractivity contribution in [1.82, 2.24) is 14.5 Å². The van der Waals surface area contributed by atoms with Gasteiger partial charge < -0.3 is 23.8 Å². The van der Waals surface area contributed by atoms with Crippen molar-refractivity contribution < 1.29 is 23.1 Å². The average molecular weight is 452 g/mol. The van der Waals surface area contributed by atoms with Gasteiger partial charge in [0.25, 0.3) is 0 Å². The number of hydrogen-bond acceptors (Lipinski definition) is 6. The second-order valence-electron chi connectivity index (χ2n) is 8.01. The molecule has 2 aromatic carbocycles. The van der Waals surface area contributed by atoms with E-state index in [2.05, 4.69) is 10.1 Å². The van der Waals surface area contributed by atoms with Gasteiger partial charge in [0.15, 0.2) is 5.76 Å². The molecule has 0 aliphatic carbocycles. The number of oxime groups is 1. The number of benzene rings is 2. The molecular formula is C24H22F2N4O3. The van der Waals surface area contributed by atoms with Crippen molar-refractivity contribution in [3.05, 3.63) is 83.1 Å². The Balaban J connectivity index is 1.47. The molecule has 170 valence electrons. The number of fused-ring (bicyclic) bond motifs is 1. The Labute approximate surface area is 189 Å². The van der Waals surface area contributed by atoms with Crippen molar-refractivity contribution in [3.8, 4) is 11.4 Å². The summed E-state index contributed by atoms with van der Waals surface area (Å²) < 4.78 is 41.1. The van der Waals surface area contributed by atoms with E-state index in [1.54, 1.807) is 20.4 Å². The highest BCUT2D eigenvalue weighted by atomic mass is 19.1. The van der Waals surface area contributed by atoms with Gasteiger partial charge >= 0.3 is 0 Å². The van der Waals surface area contributed by atoms with Crippen molar-refractivity contribution in [2.75, 3.05) is 20.3 Å². The minimum absolute atomic E-state index is 0.335. The molecule has 33 heavy (non-hydrogen) atoms. The van der Waals surface area contributed by atoms with E-state index in [9.17, 15) is 8.78 Å². The Hall–Kier alpha value is -3.88. The van der Waals surface area contributed by atoms with Crippen LogP contribution in [0.25, 0.3) is 11.8 Å². The molecule has 2 aliphatic heterocycles. The molecule has 0 spiro atoms. The summed E-state index contributed by atoms with van der Waals surface area (Å²) in [5.74, 6) is 0.274. The topological polar surface area (TPSA) is 61.1 Å². The van der Waals surface area contributed by atoms with Crippen LogP contribution in [0.4, 0.5) is 8.78 Å². The predicted octanol–water partition coefficient (Wildman–Crippen LogP) is 4.36. The monoisotopic (exact) mass is 452 g/mol. The van der Waals surface area contributed by atoms with Gasteiger partial charge in [0.2, 0.25) is 11.6 Å². The van der Waals surface area contributed by atoms with Crippen molar-refractivity contribution in [2.24, 2.45) is 5.16 Å². The number of hydrogen-bond donors (Lipinski definition) is 0. The van der Waals surface area contributed by atoms with E-state index in [4.69, 9.17) is 14.3 Å². The first-order chi connectivity index (χ1) is 15.9. The number of nitrogens with zero attached hydrogens (tertiary/aromatic N) is 4. The molecule has 1 saturated heterocycles. The fourth-order valence-electron chi connectivity index (χ4n) is 4.08. The Morgan fingerprint density at radius 3 is 2.64 bits per heavy atom. The minimum Gasteiger partial charge on any atom is -0.495 e. The number of aryl methyl sites for hydroxylation is 1. The van der Waals surface area contributed by atoms with Gasteiger partial charge in [0.05, 0.1) is 31.4 Å². The lowest BCUT2D eigenvalue weighted by atomic mass is 10.0. The lowest BCUT2D eigenvalue weighted by molar-refractivity contribution is -0.0971. The summed E-state index contributed by atoms with van der Waals surface area (Å²) >= 11 is 0. The number of morpholine rings is 1. The summed E-state index contributed by atoms with van der Waals surface area (Å²) in [6.07, 6.45) is 5.48. The van der Waals surface area contributed by atoms with Gasteiger partial charge in [-0.05, 0) is 42.8 Å². The van der Waals surface area contributed by atoms with E-state index < -0.39 is 17.4 Å². The first-order valence-electron chi connectivity index (χ1n) is 10.4. The molecule has 2 aliphatic rings. The van der Waals surface area contributed by atoms with Crippen molar-refractivity contribution in [2.45, 2.75) is 19.6 Å². The zero-order valence-electron chi connectivity index (χ0n) is 18.4. The molecule has 0 saturated carbocycles. The zero-order chi connectivity index (χ0) is 23.2. The highest BCUT2D eigenvalue weighted by Crippen LogP contribution is 2.39. The molecule has 1 atom stereocenters. The first kappa shape index (κ1) is 21.0. The molecule has 0 bridgehead atoms. The van der Waals surface area contributed by atoms with Crippen LogP contribution in [0.2, 0.25) is 0 Å². The van der Waals surface area contributed by atoms with Crippen molar-refractivity contribution in [1.29, 1.82) is 0 Å². The van der Waals surface area contributed by atoms with Crippen LogP contribution in [-0.2, 0) is 15.3 Å². The number of halogens is 2. The number of imidazole rings is 1. The smallest absolute Gasteiger partial charge is 0.234 e. The van der Waals surface area contributed by atoms with Crippen LogP contribution in [0.1, 0.15) is 23.7 Å².